The highest BCUT2D eigenvalue weighted by Crippen LogP contribution is 2.44. The Labute approximate surface area is 163 Å². The Morgan fingerprint density at radius 1 is 1.30 bits per heavy atom. The Kier molecular flexibility index (Phi) is 5.62. The van der Waals surface area contributed by atoms with Gasteiger partial charge in [-0.15, -0.1) is 0 Å². The van der Waals surface area contributed by atoms with Crippen molar-refractivity contribution in [3.8, 4) is 0 Å². The van der Waals surface area contributed by atoms with Gasteiger partial charge in [0.25, 0.3) is 5.91 Å². The number of amides is 1. The van der Waals surface area contributed by atoms with Crippen LogP contribution < -0.4 is 5.32 Å². The van der Waals surface area contributed by atoms with Gasteiger partial charge in [0.1, 0.15) is 0 Å². The minimum Gasteiger partial charge on any atom is -0.547 e. The minimum absolute atomic E-state index is 0.00558. The summed E-state index contributed by atoms with van der Waals surface area (Å²) in [5.41, 5.74) is 0.670. The van der Waals surface area contributed by atoms with E-state index in [4.69, 9.17) is 9.16 Å². The zero-order valence-electron chi connectivity index (χ0n) is 17.6. The summed E-state index contributed by atoms with van der Waals surface area (Å²) in [5.74, 6) is -0.410. The molecule has 1 atom stereocenters. The fourth-order valence-corrected chi connectivity index (χ4v) is 4.21. The molecule has 0 unspecified atom stereocenters. The summed E-state index contributed by atoms with van der Waals surface area (Å²) in [7, 11) is -2.10. The monoisotopic (exact) mass is 389 g/mol. The third-order valence-electron chi connectivity index (χ3n) is 5.53. The van der Waals surface area contributed by atoms with Gasteiger partial charge in [0, 0.05) is 11.3 Å². The molecule has 1 aliphatic heterocycles. The number of anilines is 1. The summed E-state index contributed by atoms with van der Waals surface area (Å²) >= 11 is 0. The molecule has 0 bridgehead atoms. The van der Waals surface area contributed by atoms with Crippen molar-refractivity contribution in [3.05, 3.63) is 41.2 Å². The van der Waals surface area contributed by atoms with Crippen LogP contribution in [0.3, 0.4) is 0 Å². The number of benzene rings is 1. The van der Waals surface area contributed by atoms with Gasteiger partial charge in [-0.1, -0.05) is 39.0 Å². The summed E-state index contributed by atoms with van der Waals surface area (Å²) in [5, 5.41) is 2.87. The number of nitrogens with one attached hydrogen (secondary N) is 1. The first-order valence-corrected chi connectivity index (χ1v) is 12.2. The summed E-state index contributed by atoms with van der Waals surface area (Å²) in [4.78, 5) is 26.0. The normalized spacial score (nSPS) is 20.1. The SMILES string of the molecule is CCOC(=O)[C@]1(C=C(C)O[Si](C)(C)C(C)(C)C)C(=O)Nc2c(C)cccc21. The third kappa shape index (κ3) is 3.67. The van der Waals surface area contributed by atoms with Gasteiger partial charge in [-0.05, 0) is 50.5 Å². The van der Waals surface area contributed by atoms with Gasteiger partial charge in [-0.3, -0.25) is 9.59 Å². The van der Waals surface area contributed by atoms with E-state index in [0.717, 1.165) is 5.56 Å². The lowest BCUT2D eigenvalue weighted by molar-refractivity contribution is -0.150. The first-order valence-electron chi connectivity index (χ1n) is 9.34. The van der Waals surface area contributed by atoms with Gasteiger partial charge in [0.2, 0.25) is 8.32 Å². The van der Waals surface area contributed by atoms with Crippen molar-refractivity contribution in [1.82, 2.24) is 0 Å². The van der Waals surface area contributed by atoms with Gasteiger partial charge >= 0.3 is 5.97 Å². The van der Waals surface area contributed by atoms with Crippen LogP contribution in [0.25, 0.3) is 0 Å². The Hall–Kier alpha value is -2.08. The molecule has 6 heteroatoms. The zero-order chi connectivity index (χ0) is 20.6. The first-order chi connectivity index (χ1) is 12.4. The number of allylic oxidation sites excluding steroid dienone is 1. The van der Waals surface area contributed by atoms with Crippen LogP contribution in [0.1, 0.15) is 45.7 Å². The van der Waals surface area contributed by atoms with E-state index < -0.39 is 25.6 Å². The van der Waals surface area contributed by atoms with Crippen LogP contribution in [0.5, 0.6) is 0 Å². The van der Waals surface area contributed by atoms with E-state index in [1.54, 1.807) is 19.1 Å². The van der Waals surface area contributed by atoms with E-state index in [2.05, 4.69) is 39.2 Å². The van der Waals surface area contributed by atoms with E-state index in [1.807, 2.05) is 26.0 Å². The fourth-order valence-electron chi connectivity index (χ4n) is 3.04. The van der Waals surface area contributed by atoms with Gasteiger partial charge in [0.15, 0.2) is 5.41 Å². The van der Waals surface area contributed by atoms with Crippen molar-refractivity contribution in [2.24, 2.45) is 0 Å². The van der Waals surface area contributed by atoms with E-state index in [0.29, 0.717) is 17.0 Å². The molecule has 0 radical (unpaired) electrons. The van der Waals surface area contributed by atoms with Crippen molar-refractivity contribution in [1.29, 1.82) is 0 Å². The van der Waals surface area contributed by atoms with E-state index in [-0.39, 0.29) is 11.6 Å². The number of hydrogen-bond acceptors (Lipinski definition) is 4. The number of fused-ring (bicyclic) bond motifs is 1. The highest BCUT2D eigenvalue weighted by atomic mass is 28.4. The molecule has 1 aromatic carbocycles. The Morgan fingerprint density at radius 3 is 2.48 bits per heavy atom. The topological polar surface area (TPSA) is 64.6 Å². The van der Waals surface area contributed by atoms with Crippen LogP contribution in [-0.4, -0.2) is 26.8 Å². The molecule has 1 aromatic rings. The number of ether oxygens (including phenoxy) is 1. The zero-order valence-corrected chi connectivity index (χ0v) is 18.6. The molecule has 0 saturated carbocycles. The van der Waals surface area contributed by atoms with E-state index in [1.165, 1.54) is 0 Å². The predicted octanol–water partition coefficient (Wildman–Crippen LogP) is 4.67. The maximum atomic E-state index is 13.0. The molecular weight excluding hydrogens is 358 g/mol. The Morgan fingerprint density at radius 2 is 1.93 bits per heavy atom. The largest absolute Gasteiger partial charge is 0.547 e. The molecule has 1 amide bonds. The van der Waals surface area contributed by atoms with Crippen LogP contribution in [-0.2, 0) is 24.2 Å². The van der Waals surface area contributed by atoms with Gasteiger partial charge in [-0.2, -0.15) is 0 Å². The lowest BCUT2D eigenvalue weighted by Crippen LogP contribution is -2.44. The fraction of sp³-hybridized carbons (Fsp3) is 0.524. The Balaban J connectivity index is 2.60. The molecule has 27 heavy (non-hydrogen) atoms. The van der Waals surface area contributed by atoms with E-state index >= 15 is 0 Å². The summed E-state index contributed by atoms with van der Waals surface area (Å²) in [6, 6.07) is 5.55. The number of carbonyl (C=O) groups is 2. The summed E-state index contributed by atoms with van der Waals surface area (Å²) in [6.07, 6.45) is 1.63. The van der Waals surface area contributed by atoms with Crippen LogP contribution in [0.4, 0.5) is 5.69 Å². The maximum absolute atomic E-state index is 13.0. The first kappa shape index (κ1) is 21.2. The smallest absolute Gasteiger partial charge is 0.330 e. The second-order valence-corrected chi connectivity index (χ2v) is 13.3. The molecule has 1 aliphatic rings. The lowest BCUT2D eigenvalue weighted by atomic mass is 9.80. The van der Waals surface area contributed by atoms with Crippen molar-refractivity contribution in [2.75, 3.05) is 11.9 Å². The quantitative estimate of drug-likeness (QED) is 0.344. The molecule has 0 aromatic heterocycles. The molecule has 2 rings (SSSR count). The minimum atomic E-state index is -2.10. The number of esters is 1. The number of hydrogen-bond donors (Lipinski definition) is 1. The maximum Gasteiger partial charge on any atom is 0.330 e. The number of aryl methyl sites for hydroxylation is 1. The van der Waals surface area contributed by atoms with Crippen LogP contribution in [0.15, 0.2) is 30.0 Å². The average Bonchev–Trinajstić information content (AvgIpc) is 2.81. The van der Waals surface area contributed by atoms with Crippen LogP contribution in [0.2, 0.25) is 18.1 Å². The number of para-hydroxylation sites is 1. The van der Waals surface area contributed by atoms with Crippen molar-refractivity contribution < 1.29 is 18.8 Å². The molecule has 148 valence electrons. The molecule has 5 nitrogen and oxygen atoms in total. The van der Waals surface area contributed by atoms with Gasteiger partial charge in [-0.25, -0.2) is 0 Å². The molecule has 0 aliphatic carbocycles. The third-order valence-corrected chi connectivity index (χ3v) is 9.98. The van der Waals surface area contributed by atoms with Crippen molar-refractivity contribution in [3.63, 3.8) is 0 Å². The van der Waals surface area contributed by atoms with Gasteiger partial charge in [0.05, 0.1) is 12.4 Å². The van der Waals surface area contributed by atoms with E-state index in [9.17, 15) is 9.59 Å². The molecule has 0 fully saturated rings. The molecule has 0 spiro atoms. The van der Waals surface area contributed by atoms with Crippen LogP contribution in [0, 0.1) is 6.92 Å². The predicted molar refractivity (Wildman–Crippen MR) is 110 cm³/mol. The molecular formula is C21H31NO4Si. The van der Waals surface area contributed by atoms with Crippen molar-refractivity contribution in [2.45, 2.75) is 65.1 Å². The number of carbonyl (C=O) groups excluding carboxylic acids is 2. The highest BCUT2D eigenvalue weighted by molar-refractivity contribution is 6.74. The molecule has 0 saturated heterocycles. The average molecular weight is 390 g/mol. The second-order valence-electron chi connectivity index (χ2n) is 8.60. The number of rotatable bonds is 5. The molecule has 1 heterocycles. The Bertz CT molecular complexity index is 792. The summed E-state index contributed by atoms with van der Waals surface area (Å²) < 4.78 is 11.6. The lowest BCUT2D eigenvalue weighted by Gasteiger charge is -2.37. The standard InChI is InChI=1S/C21H31NO4Si/c1-9-25-19(24)21(13-15(3)26-27(7,8)20(4,5)6)16-12-10-11-14(2)17(16)22-18(21)23/h10-13H,9H2,1-8H3,(H,22,23)/t21-/m0/s1. The van der Waals surface area contributed by atoms with Gasteiger partial charge < -0.3 is 14.5 Å². The summed E-state index contributed by atoms with van der Waals surface area (Å²) in [6.45, 7) is 16.4. The highest BCUT2D eigenvalue weighted by Gasteiger charge is 2.54. The van der Waals surface area contributed by atoms with Crippen molar-refractivity contribution >= 4 is 25.9 Å². The molecule has 1 N–H and O–H groups in total. The second kappa shape index (κ2) is 7.15. The van der Waals surface area contributed by atoms with Crippen LogP contribution >= 0.6 is 0 Å².